The summed E-state index contributed by atoms with van der Waals surface area (Å²) in [6, 6.07) is 9.33. The van der Waals surface area contributed by atoms with E-state index in [9.17, 15) is 24.0 Å². The van der Waals surface area contributed by atoms with Crippen LogP contribution in [0.2, 0.25) is 5.02 Å². The summed E-state index contributed by atoms with van der Waals surface area (Å²) in [5.74, 6) is -1.18. The van der Waals surface area contributed by atoms with E-state index < -0.39 is 29.6 Å². The average Bonchev–Trinajstić information content (AvgIpc) is 3.63. The van der Waals surface area contributed by atoms with Gasteiger partial charge in [0, 0.05) is 18.8 Å². The molecular formula is C31H34ClN3O8S. The van der Waals surface area contributed by atoms with Gasteiger partial charge in [-0.25, -0.2) is 4.79 Å². The lowest BCUT2D eigenvalue weighted by Crippen LogP contribution is -2.36. The minimum atomic E-state index is -0.634. The van der Waals surface area contributed by atoms with Crippen molar-refractivity contribution in [3.63, 3.8) is 0 Å². The van der Waals surface area contributed by atoms with Crippen molar-refractivity contribution in [2.75, 3.05) is 44.8 Å². The molecule has 1 N–H and O–H groups in total. The summed E-state index contributed by atoms with van der Waals surface area (Å²) < 4.78 is 16.6. The number of rotatable bonds is 13. The van der Waals surface area contributed by atoms with Gasteiger partial charge in [0.25, 0.3) is 17.1 Å². The Morgan fingerprint density at radius 1 is 1.02 bits per heavy atom. The van der Waals surface area contributed by atoms with Crippen LogP contribution in [0.4, 0.5) is 10.5 Å². The molecule has 0 unspecified atom stereocenters. The summed E-state index contributed by atoms with van der Waals surface area (Å²) in [6.07, 6.45) is 5.07. The number of unbranched alkanes of at least 4 members (excludes halogenated alkanes) is 1. The SMILES string of the molecule is CCCCOC(=O)c1cc(NC(=O)CN2C(=O)S/C(=C\c3ccc(OCC(=O)N4CCCC4)c(OCC)c3)C2=O)ccc1Cl. The number of thioether (sulfide) groups is 1. The number of esters is 1. The molecule has 2 aliphatic rings. The average molecular weight is 644 g/mol. The van der Waals surface area contributed by atoms with Gasteiger partial charge in [-0.3, -0.25) is 24.1 Å². The Morgan fingerprint density at radius 2 is 1.80 bits per heavy atom. The summed E-state index contributed by atoms with van der Waals surface area (Å²) in [6.45, 7) is 5.20. The third-order valence-electron chi connectivity index (χ3n) is 6.75. The standard InChI is InChI=1S/C31H34ClN3O8S/c1-3-5-14-42-30(39)22-17-21(9-10-23(22)32)33-27(36)18-35-29(38)26(44-31(35)40)16-20-8-11-24(25(15-20)41-4-2)43-19-28(37)34-12-6-7-13-34/h8-11,15-17H,3-7,12-14,18-19H2,1-2H3,(H,33,36)/b26-16-. The molecule has 4 rings (SSSR count). The highest BCUT2D eigenvalue weighted by Gasteiger charge is 2.36. The van der Waals surface area contributed by atoms with Gasteiger partial charge >= 0.3 is 5.97 Å². The van der Waals surface area contributed by atoms with Gasteiger partial charge in [-0.2, -0.15) is 0 Å². The Balaban J connectivity index is 1.39. The maximum absolute atomic E-state index is 13.1. The molecule has 2 saturated heterocycles. The molecule has 2 aromatic rings. The fourth-order valence-electron chi connectivity index (χ4n) is 4.48. The number of carbonyl (C=O) groups is 5. The highest BCUT2D eigenvalue weighted by atomic mass is 35.5. The normalized spacial score (nSPS) is 15.6. The highest BCUT2D eigenvalue weighted by molar-refractivity contribution is 8.18. The van der Waals surface area contributed by atoms with Crippen molar-refractivity contribution in [1.82, 2.24) is 9.80 Å². The number of halogens is 1. The van der Waals surface area contributed by atoms with Crippen molar-refractivity contribution in [1.29, 1.82) is 0 Å². The molecule has 4 amide bonds. The first kappa shape index (κ1) is 32.9. The molecule has 2 fully saturated rings. The van der Waals surface area contributed by atoms with Gasteiger partial charge in [0.05, 0.1) is 28.7 Å². The van der Waals surface area contributed by atoms with Gasteiger partial charge in [-0.1, -0.05) is 31.0 Å². The number of anilines is 1. The largest absolute Gasteiger partial charge is 0.490 e. The third-order valence-corrected chi connectivity index (χ3v) is 7.99. The van der Waals surface area contributed by atoms with Crippen molar-refractivity contribution >= 4 is 64.1 Å². The first-order valence-electron chi connectivity index (χ1n) is 14.4. The Labute approximate surface area is 264 Å². The Morgan fingerprint density at radius 3 is 2.52 bits per heavy atom. The lowest BCUT2D eigenvalue weighted by Gasteiger charge is -2.17. The second-order valence-corrected chi connectivity index (χ2v) is 11.4. The fraction of sp³-hybridized carbons (Fsp3) is 0.387. The smallest absolute Gasteiger partial charge is 0.339 e. The number of ether oxygens (including phenoxy) is 3. The van der Waals surface area contributed by atoms with E-state index in [-0.39, 0.29) is 40.3 Å². The number of imide groups is 1. The number of amides is 4. The van der Waals surface area contributed by atoms with Gasteiger partial charge in [-0.05, 0) is 79.9 Å². The van der Waals surface area contributed by atoms with E-state index >= 15 is 0 Å². The van der Waals surface area contributed by atoms with Crippen LogP contribution in [0.3, 0.4) is 0 Å². The summed E-state index contributed by atoms with van der Waals surface area (Å²) in [7, 11) is 0. The number of nitrogens with one attached hydrogen (secondary N) is 1. The van der Waals surface area contributed by atoms with Crippen LogP contribution in [0.15, 0.2) is 41.3 Å². The molecule has 0 atom stereocenters. The quantitative estimate of drug-likeness (QED) is 0.174. The zero-order chi connectivity index (χ0) is 31.6. The Hall–Kier alpha value is -4.03. The van der Waals surface area contributed by atoms with E-state index in [1.807, 2.05) is 13.8 Å². The Kier molecular flexibility index (Phi) is 11.7. The van der Waals surface area contributed by atoms with E-state index in [1.54, 1.807) is 23.1 Å². The van der Waals surface area contributed by atoms with Gasteiger partial charge < -0.3 is 24.4 Å². The third kappa shape index (κ3) is 8.54. The van der Waals surface area contributed by atoms with E-state index in [1.165, 1.54) is 24.3 Å². The first-order chi connectivity index (χ1) is 21.2. The van der Waals surface area contributed by atoms with Crippen molar-refractivity contribution < 1.29 is 38.2 Å². The second kappa shape index (κ2) is 15.6. The molecule has 13 heteroatoms. The Bertz CT molecular complexity index is 1460. The van der Waals surface area contributed by atoms with E-state index in [0.717, 1.165) is 37.3 Å². The number of nitrogens with zero attached hydrogens (tertiary/aromatic N) is 2. The molecule has 0 spiro atoms. The monoisotopic (exact) mass is 643 g/mol. The predicted octanol–water partition coefficient (Wildman–Crippen LogP) is 5.37. The molecular weight excluding hydrogens is 610 g/mol. The summed E-state index contributed by atoms with van der Waals surface area (Å²) >= 11 is 6.85. The van der Waals surface area contributed by atoms with Gasteiger partial charge in [0.15, 0.2) is 18.1 Å². The van der Waals surface area contributed by atoms with E-state index in [4.69, 9.17) is 25.8 Å². The number of carbonyl (C=O) groups excluding carboxylic acids is 5. The minimum absolute atomic E-state index is 0.0897. The molecule has 44 heavy (non-hydrogen) atoms. The van der Waals surface area contributed by atoms with Crippen LogP contribution in [0.1, 0.15) is 55.5 Å². The molecule has 234 valence electrons. The van der Waals surface area contributed by atoms with Crippen LogP contribution in [0, 0.1) is 0 Å². The van der Waals surface area contributed by atoms with Crippen molar-refractivity contribution in [2.45, 2.75) is 39.5 Å². The molecule has 2 heterocycles. The van der Waals surface area contributed by atoms with E-state index in [0.29, 0.717) is 41.9 Å². The molecule has 0 radical (unpaired) electrons. The van der Waals surface area contributed by atoms with Crippen LogP contribution in [-0.2, 0) is 19.1 Å². The summed E-state index contributed by atoms with van der Waals surface area (Å²) in [5, 5.41) is 2.16. The van der Waals surface area contributed by atoms with Gasteiger partial charge in [0.2, 0.25) is 5.91 Å². The van der Waals surface area contributed by atoms with Crippen LogP contribution >= 0.6 is 23.4 Å². The van der Waals surface area contributed by atoms with Crippen molar-refractivity contribution in [2.24, 2.45) is 0 Å². The molecule has 11 nitrogen and oxygen atoms in total. The molecule has 0 bridgehead atoms. The topological polar surface area (TPSA) is 132 Å². The zero-order valence-electron chi connectivity index (χ0n) is 24.6. The maximum Gasteiger partial charge on any atom is 0.339 e. The molecule has 0 aliphatic carbocycles. The van der Waals surface area contributed by atoms with E-state index in [2.05, 4.69) is 5.32 Å². The highest BCUT2D eigenvalue weighted by Crippen LogP contribution is 2.35. The first-order valence-corrected chi connectivity index (χ1v) is 15.6. The number of likely N-dealkylation sites (tertiary alicyclic amines) is 1. The van der Waals surface area contributed by atoms with Gasteiger partial charge in [0.1, 0.15) is 6.54 Å². The number of hydrogen-bond donors (Lipinski definition) is 1. The van der Waals surface area contributed by atoms with Gasteiger partial charge in [-0.15, -0.1) is 0 Å². The summed E-state index contributed by atoms with van der Waals surface area (Å²) in [5.41, 5.74) is 0.925. The van der Waals surface area contributed by atoms with Crippen molar-refractivity contribution in [3.05, 3.63) is 57.5 Å². The van der Waals surface area contributed by atoms with Crippen molar-refractivity contribution in [3.8, 4) is 11.5 Å². The van der Waals surface area contributed by atoms with Crippen LogP contribution in [0.5, 0.6) is 11.5 Å². The van der Waals surface area contributed by atoms with Crippen LogP contribution in [-0.4, -0.2) is 78.2 Å². The minimum Gasteiger partial charge on any atom is -0.490 e. The summed E-state index contributed by atoms with van der Waals surface area (Å²) in [4.78, 5) is 66.0. The second-order valence-electron chi connectivity index (χ2n) is 10.0. The molecule has 0 saturated carbocycles. The lowest BCUT2D eigenvalue weighted by atomic mass is 10.2. The molecule has 2 aliphatic heterocycles. The number of benzene rings is 2. The zero-order valence-corrected chi connectivity index (χ0v) is 26.1. The fourth-order valence-corrected chi connectivity index (χ4v) is 5.51. The lowest BCUT2D eigenvalue weighted by molar-refractivity contribution is -0.132. The predicted molar refractivity (Wildman–Crippen MR) is 167 cm³/mol. The molecule has 0 aromatic heterocycles. The maximum atomic E-state index is 13.1. The number of hydrogen-bond acceptors (Lipinski definition) is 9. The molecule has 2 aromatic carbocycles. The van der Waals surface area contributed by atoms with Crippen LogP contribution in [0.25, 0.3) is 6.08 Å². The van der Waals surface area contributed by atoms with Crippen LogP contribution < -0.4 is 14.8 Å².